The van der Waals surface area contributed by atoms with Crippen LogP contribution in [0.3, 0.4) is 0 Å². The van der Waals surface area contributed by atoms with Gasteiger partial charge in [0.15, 0.2) is 11.6 Å². The Hall–Kier alpha value is -4.83. The van der Waals surface area contributed by atoms with E-state index in [2.05, 4.69) is 0 Å². The number of hydrogen-bond donors (Lipinski definition) is 1. The van der Waals surface area contributed by atoms with Crippen molar-refractivity contribution in [2.75, 3.05) is 6.54 Å². The number of aromatic carboxylic acids is 1. The van der Waals surface area contributed by atoms with Crippen molar-refractivity contribution in [2.24, 2.45) is 0 Å². The van der Waals surface area contributed by atoms with E-state index in [1.807, 2.05) is 4.57 Å². The van der Waals surface area contributed by atoms with Gasteiger partial charge in [0.25, 0.3) is 0 Å². The van der Waals surface area contributed by atoms with E-state index in [0.717, 1.165) is 18.9 Å². The molecule has 1 atom stereocenters. The molecular weight excluding hydrogens is 619 g/mol. The van der Waals surface area contributed by atoms with Crippen LogP contribution in [0.25, 0.3) is 22.2 Å². The Kier molecular flexibility index (Phi) is 8.73. The third kappa shape index (κ3) is 6.44. The third-order valence-corrected chi connectivity index (χ3v) is 8.55. The van der Waals surface area contributed by atoms with Gasteiger partial charge in [0.05, 0.1) is 16.6 Å². The molecule has 1 aliphatic heterocycles. The van der Waals surface area contributed by atoms with E-state index in [1.54, 1.807) is 29.2 Å². The highest BCUT2D eigenvalue weighted by atomic mass is 35.5. The Balaban J connectivity index is 1.28. The second kappa shape index (κ2) is 12.9. The quantitative estimate of drug-likeness (QED) is 0.178. The maximum atomic E-state index is 15.7. The normalized spacial score (nSPS) is 14.6. The lowest BCUT2D eigenvalue weighted by Crippen LogP contribution is -2.36. The van der Waals surface area contributed by atoms with Gasteiger partial charge in [-0.15, -0.1) is 0 Å². The number of ether oxygens (including phenoxy) is 1. The summed E-state index contributed by atoms with van der Waals surface area (Å²) in [7, 11) is 0. The molecule has 1 saturated heterocycles. The fourth-order valence-electron chi connectivity index (χ4n) is 5.92. The first kappa shape index (κ1) is 31.2. The Morgan fingerprint density at radius 1 is 0.935 bits per heavy atom. The molecule has 0 saturated carbocycles. The second-order valence-electron chi connectivity index (χ2n) is 11.3. The van der Waals surface area contributed by atoms with E-state index in [4.69, 9.17) is 21.3 Å². The van der Waals surface area contributed by atoms with Crippen LogP contribution < -0.4 is 4.74 Å². The smallest absolute Gasteiger partial charge is 0.335 e. The van der Waals surface area contributed by atoms with Crippen molar-refractivity contribution in [3.8, 4) is 16.9 Å². The predicted octanol–water partition coefficient (Wildman–Crippen LogP) is 7.65. The summed E-state index contributed by atoms with van der Waals surface area (Å²) in [5.41, 5.74) is 2.80. The Bertz CT molecular complexity index is 1980. The van der Waals surface area contributed by atoms with Crippen LogP contribution >= 0.6 is 11.6 Å². The van der Waals surface area contributed by atoms with Crippen molar-refractivity contribution in [3.63, 3.8) is 0 Å². The Morgan fingerprint density at radius 2 is 1.67 bits per heavy atom. The standard InChI is InChI=1S/C35H29ClF3N3O4/c1-20(43)41-12-2-3-27(41)18-42-32-14-24(35(44)45)8-11-31(32)40-34(42)16-23-5-4-21(13-29(23)38)22-7-10-28(37)33(15-22)46-19-25-6-9-26(36)17-30(25)39/h4-11,13-15,17,27H,2-3,12,16,18-19H2,1H3,(H,44,45)/t27-/m0/s1. The summed E-state index contributed by atoms with van der Waals surface area (Å²) < 4.78 is 51.8. The van der Waals surface area contributed by atoms with Crippen molar-refractivity contribution in [3.05, 3.63) is 118 Å². The summed E-state index contributed by atoms with van der Waals surface area (Å²) in [4.78, 5) is 30.5. The highest BCUT2D eigenvalue weighted by Gasteiger charge is 2.28. The molecule has 236 valence electrons. The van der Waals surface area contributed by atoms with Crippen molar-refractivity contribution in [1.82, 2.24) is 14.5 Å². The third-order valence-electron chi connectivity index (χ3n) is 8.31. The van der Waals surface area contributed by atoms with Crippen molar-refractivity contribution in [2.45, 2.75) is 45.4 Å². The first-order valence-electron chi connectivity index (χ1n) is 14.7. The Morgan fingerprint density at radius 3 is 2.41 bits per heavy atom. The minimum absolute atomic E-state index is 0.0344. The van der Waals surface area contributed by atoms with Crippen molar-refractivity contribution in [1.29, 1.82) is 0 Å². The van der Waals surface area contributed by atoms with Crippen LogP contribution in [0, 0.1) is 17.5 Å². The van der Waals surface area contributed by atoms with Crippen LogP contribution in [0.2, 0.25) is 5.02 Å². The van der Waals surface area contributed by atoms with Gasteiger partial charge in [-0.2, -0.15) is 0 Å². The number of carboxylic acids is 1. The zero-order chi connectivity index (χ0) is 32.5. The summed E-state index contributed by atoms with van der Waals surface area (Å²) in [6.07, 6.45) is 1.76. The predicted molar refractivity (Wildman–Crippen MR) is 167 cm³/mol. The molecular formula is C35H29ClF3N3O4. The number of hydrogen-bond acceptors (Lipinski definition) is 4. The van der Waals surface area contributed by atoms with Crippen LogP contribution in [0.5, 0.6) is 5.75 Å². The molecule has 0 bridgehead atoms. The fourth-order valence-corrected chi connectivity index (χ4v) is 6.08. The second-order valence-corrected chi connectivity index (χ2v) is 11.7. The van der Waals surface area contributed by atoms with Crippen LogP contribution in [0.15, 0.2) is 72.8 Å². The molecule has 1 amide bonds. The molecule has 1 aromatic heterocycles. The number of likely N-dealkylation sites (tertiary alicyclic amines) is 1. The van der Waals surface area contributed by atoms with Gasteiger partial charge in [-0.25, -0.2) is 22.9 Å². The number of aromatic nitrogens is 2. The molecule has 2 heterocycles. The van der Waals surface area contributed by atoms with Gasteiger partial charge >= 0.3 is 5.97 Å². The molecule has 11 heteroatoms. The lowest BCUT2D eigenvalue weighted by Gasteiger charge is -2.25. The first-order chi connectivity index (χ1) is 22.1. The van der Waals surface area contributed by atoms with Crippen LogP contribution in [-0.4, -0.2) is 44.0 Å². The first-order valence-corrected chi connectivity index (χ1v) is 15.1. The molecule has 0 spiro atoms. The lowest BCUT2D eigenvalue weighted by molar-refractivity contribution is -0.129. The van der Waals surface area contributed by atoms with Gasteiger partial charge in [-0.05, 0) is 78.1 Å². The number of imidazole rings is 1. The number of halogens is 4. The average molecular weight is 648 g/mol. The fraction of sp³-hybridized carbons (Fsp3) is 0.229. The zero-order valence-corrected chi connectivity index (χ0v) is 25.5. The van der Waals surface area contributed by atoms with Gasteiger partial charge in [0, 0.05) is 43.1 Å². The molecule has 0 radical (unpaired) electrons. The average Bonchev–Trinajstić information content (AvgIpc) is 3.63. The number of rotatable bonds is 9. The van der Waals surface area contributed by atoms with E-state index in [0.29, 0.717) is 46.6 Å². The van der Waals surface area contributed by atoms with E-state index < -0.39 is 23.4 Å². The summed E-state index contributed by atoms with van der Waals surface area (Å²) >= 11 is 5.80. The molecule has 1 fully saturated rings. The zero-order valence-electron chi connectivity index (χ0n) is 24.8. The number of amides is 1. The van der Waals surface area contributed by atoms with E-state index in [-0.39, 0.29) is 46.9 Å². The van der Waals surface area contributed by atoms with Gasteiger partial charge in [-0.3, -0.25) is 4.79 Å². The van der Waals surface area contributed by atoms with E-state index in [1.165, 1.54) is 49.4 Å². The highest BCUT2D eigenvalue weighted by molar-refractivity contribution is 6.30. The number of fused-ring (bicyclic) bond motifs is 1. The molecule has 5 aromatic rings. The number of carbonyl (C=O) groups is 2. The van der Waals surface area contributed by atoms with Crippen molar-refractivity contribution < 1.29 is 32.6 Å². The van der Waals surface area contributed by atoms with Crippen molar-refractivity contribution >= 4 is 34.5 Å². The van der Waals surface area contributed by atoms with E-state index in [9.17, 15) is 23.5 Å². The van der Waals surface area contributed by atoms with Gasteiger partial charge < -0.3 is 19.3 Å². The molecule has 46 heavy (non-hydrogen) atoms. The topological polar surface area (TPSA) is 84.7 Å². The summed E-state index contributed by atoms with van der Waals surface area (Å²) in [5.74, 6) is -2.42. The summed E-state index contributed by atoms with van der Waals surface area (Å²) in [5, 5.41) is 9.82. The van der Waals surface area contributed by atoms with Crippen LogP contribution in [-0.2, 0) is 24.4 Å². The van der Waals surface area contributed by atoms with Gasteiger partial charge in [-0.1, -0.05) is 35.9 Å². The minimum atomic E-state index is -1.07. The summed E-state index contributed by atoms with van der Waals surface area (Å²) in [6.45, 7) is 2.34. The maximum Gasteiger partial charge on any atom is 0.335 e. The number of carbonyl (C=O) groups excluding carboxylic acids is 1. The molecule has 4 aromatic carbocycles. The largest absolute Gasteiger partial charge is 0.486 e. The number of benzene rings is 4. The molecule has 0 unspecified atom stereocenters. The molecule has 6 rings (SSSR count). The van der Waals surface area contributed by atoms with Gasteiger partial charge in [0.2, 0.25) is 5.91 Å². The van der Waals surface area contributed by atoms with Crippen LogP contribution in [0.4, 0.5) is 13.2 Å². The number of nitrogens with zero attached hydrogens (tertiary/aromatic N) is 3. The Labute approximate surface area is 267 Å². The van der Waals surface area contributed by atoms with Gasteiger partial charge in [0.1, 0.15) is 24.1 Å². The maximum absolute atomic E-state index is 15.7. The number of carboxylic acid groups (broad SMARTS) is 1. The monoisotopic (exact) mass is 647 g/mol. The SMILES string of the molecule is CC(=O)N1CCC[C@H]1Cn1c(Cc2ccc(-c3ccc(F)c(OCc4ccc(Cl)cc4F)c3)cc2F)nc2ccc(C(=O)O)cc21. The minimum Gasteiger partial charge on any atom is -0.486 e. The lowest BCUT2D eigenvalue weighted by atomic mass is 10.0. The molecule has 1 aliphatic rings. The molecule has 7 nitrogen and oxygen atoms in total. The molecule has 0 aliphatic carbocycles. The van der Waals surface area contributed by atoms with Crippen LogP contribution in [0.1, 0.15) is 47.1 Å². The van der Waals surface area contributed by atoms with E-state index >= 15 is 4.39 Å². The summed E-state index contributed by atoms with van der Waals surface area (Å²) in [6, 6.07) is 17.5. The highest BCUT2D eigenvalue weighted by Crippen LogP contribution is 2.31. The molecule has 1 N–H and O–H groups in total.